The van der Waals surface area contributed by atoms with Crippen LogP contribution in [0, 0.1) is 0 Å². The summed E-state index contributed by atoms with van der Waals surface area (Å²) in [7, 11) is -3.81. The zero-order valence-corrected chi connectivity index (χ0v) is 25.3. The molecule has 3 aromatic carbocycles. The summed E-state index contributed by atoms with van der Waals surface area (Å²) in [6.07, 6.45) is 0. The molecular weight excluding hydrogens is 618 g/mol. The molecule has 0 aromatic heterocycles. The summed E-state index contributed by atoms with van der Waals surface area (Å²) in [6.45, 7) is 10.7. The number of benzene rings is 3. The first-order valence-electron chi connectivity index (χ1n) is 12.0. The van der Waals surface area contributed by atoms with E-state index in [1.165, 1.54) is 11.6 Å². The van der Waals surface area contributed by atoms with Crippen LogP contribution < -0.4 is 4.72 Å². The van der Waals surface area contributed by atoms with Crippen LogP contribution in [-0.4, -0.2) is 48.3 Å². The molecule has 1 saturated heterocycles. The highest BCUT2D eigenvalue weighted by molar-refractivity contribution is 9.11. The second kappa shape index (κ2) is 10.5. The van der Waals surface area contributed by atoms with Gasteiger partial charge in [-0.3, -0.25) is 14.4 Å². The molecule has 4 rings (SSSR count). The summed E-state index contributed by atoms with van der Waals surface area (Å²) in [4.78, 5) is 18.1. The number of carbonyl (C=O) groups is 1. The Bertz CT molecular complexity index is 1390. The average molecular weight is 649 g/mol. The molecule has 0 saturated carbocycles. The van der Waals surface area contributed by atoms with Gasteiger partial charge in [-0.15, -0.1) is 0 Å². The minimum absolute atomic E-state index is 0.0680. The van der Waals surface area contributed by atoms with Crippen molar-refractivity contribution in [3.05, 3.63) is 92.9 Å². The minimum Gasteiger partial charge on any atom is -0.330 e. The highest BCUT2D eigenvalue weighted by atomic mass is 79.9. The van der Waals surface area contributed by atoms with Crippen molar-refractivity contribution < 1.29 is 13.2 Å². The quantitative estimate of drug-likeness (QED) is 0.330. The van der Waals surface area contributed by atoms with Gasteiger partial charge in [0.15, 0.2) is 0 Å². The molecule has 1 N–H and O–H groups in total. The maximum atomic E-state index is 13.6. The molecule has 0 aliphatic carbocycles. The third kappa shape index (κ3) is 6.28. The van der Waals surface area contributed by atoms with Gasteiger partial charge in [-0.1, -0.05) is 46.3 Å². The number of halogens is 2. The molecule has 3 aromatic rings. The van der Waals surface area contributed by atoms with E-state index in [2.05, 4.69) is 93.4 Å². The maximum absolute atomic E-state index is 13.6. The van der Waals surface area contributed by atoms with E-state index >= 15 is 0 Å². The number of anilines is 1. The average Bonchev–Trinajstić information content (AvgIpc) is 2.83. The van der Waals surface area contributed by atoms with E-state index in [0.717, 1.165) is 13.1 Å². The summed E-state index contributed by atoms with van der Waals surface area (Å²) in [5, 5.41) is 0. The summed E-state index contributed by atoms with van der Waals surface area (Å²) in [5.41, 5.74) is 1.56. The highest BCUT2D eigenvalue weighted by Crippen LogP contribution is 2.33. The van der Waals surface area contributed by atoms with Crippen LogP contribution in [0.15, 0.2) is 86.6 Å². The fourth-order valence-electron chi connectivity index (χ4n) is 4.62. The second-order valence-electron chi connectivity index (χ2n) is 10.6. The predicted molar refractivity (Wildman–Crippen MR) is 155 cm³/mol. The molecule has 0 atom stereocenters. The summed E-state index contributed by atoms with van der Waals surface area (Å²) in [5.74, 6) is -0.0680. The molecular formula is C28H31Br2N3O3S. The van der Waals surface area contributed by atoms with Gasteiger partial charge in [0.05, 0.1) is 5.54 Å². The van der Waals surface area contributed by atoms with Crippen molar-refractivity contribution >= 4 is 53.5 Å². The van der Waals surface area contributed by atoms with Crippen molar-refractivity contribution in [2.24, 2.45) is 0 Å². The van der Waals surface area contributed by atoms with E-state index in [4.69, 9.17) is 0 Å². The molecule has 1 aliphatic rings. The Morgan fingerprint density at radius 1 is 0.892 bits per heavy atom. The van der Waals surface area contributed by atoms with Gasteiger partial charge in [-0.2, -0.15) is 0 Å². The number of hydrogen-bond donors (Lipinski definition) is 1. The minimum atomic E-state index is -3.81. The van der Waals surface area contributed by atoms with Gasteiger partial charge in [-0.25, -0.2) is 8.42 Å². The molecule has 1 aliphatic heterocycles. The standard InChI is InChI=1S/C28H31Br2N3O3S/c1-27(2)19-33(28(3,4)18-32(27)17-20-8-6-5-7-9-20)26(34)21-10-13-23(14-11-21)31-37(35,36)25-16-22(29)12-15-24(25)30/h5-16,31H,17-19H2,1-4H3. The Labute approximate surface area is 236 Å². The van der Waals surface area contributed by atoms with Crippen molar-refractivity contribution in [1.29, 1.82) is 0 Å². The molecule has 9 heteroatoms. The Morgan fingerprint density at radius 2 is 1.54 bits per heavy atom. The fraction of sp³-hybridized carbons (Fsp3) is 0.321. The fourth-order valence-corrected chi connectivity index (χ4v) is 7.18. The summed E-state index contributed by atoms with van der Waals surface area (Å²) >= 11 is 6.62. The van der Waals surface area contributed by atoms with Crippen LogP contribution in [-0.2, 0) is 16.6 Å². The largest absolute Gasteiger partial charge is 0.330 e. The van der Waals surface area contributed by atoms with Gasteiger partial charge in [-0.05, 0) is 91.7 Å². The number of carbonyl (C=O) groups excluding carboxylic acids is 1. The first kappa shape index (κ1) is 27.8. The zero-order chi connectivity index (χ0) is 27.0. The van der Waals surface area contributed by atoms with E-state index in [1.54, 1.807) is 36.4 Å². The van der Waals surface area contributed by atoms with Gasteiger partial charge in [0.1, 0.15) is 4.90 Å². The topological polar surface area (TPSA) is 69.7 Å². The lowest BCUT2D eigenvalue weighted by molar-refractivity contribution is -0.0454. The third-order valence-corrected chi connectivity index (χ3v) is 9.61. The van der Waals surface area contributed by atoms with E-state index in [0.29, 0.717) is 26.7 Å². The van der Waals surface area contributed by atoms with Crippen molar-refractivity contribution in [1.82, 2.24) is 9.80 Å². The lowest BCUT2D eigenvalue weighted by Gasteiger charge is -2.55. The lowest BCUT2D eigenvalue weighted by Crippen LogP contribution is -2.68. The third-order valence-electron chi connectivity index (χ3n) is 6.74. The van der Waals surface area contributed by atoms with Crippen LogP contribution in [0.4, 0.5) is 5.69 Å². The molecule has 1 amide bonds. The van der Waals surface area contributed by atoms with Gasteiger partial charge >= 0.3 is 0 Å². The van der Waals surface area contributed by atoms with Crippen LogP contribution in [0.3, 0.4) is 0 Å². The number of nitrogens with zero attached hydrogens (tertiary/aromatic N) is 2. The van der Waals surface area contributed by atoms with E-state index in [-0.39, 0.29) is 21.9 Å². The smallest absolute Gasteiger partial charge is 0.263 e. The first-order chi connectivity index (χ1) is 17.3. The Kier molecular flexibility index (Phi) is 7.91. The number of hydrogen-bond acceptors (Lipinski definition) is 4. The zero-order valence-electron chi connectivity index (χ0n) is 21.3. The second-order valence-corrected chi connectivity index (χ2v) is 14.0. The first-order valence-corrected chi connectivity index (χ1v) is 15.0. The van der Waals surface area contributed by atoms with Crippen LogP contribution in [0.5, 0.6) is 0 Å². The number of sulfonamides is 1. The van der Waals surface area contributed by atoms with E-state index in [9.17, 15) is 13.2 Å². The summed E-state index contributed by atoms with van der Waals surface area (Å²) < 4.78 is 29.6. The molecule has 0 bridgehead atoms. The van der Waals surface area contributed by atoms with E-state index in [1.807, 2.05) is 11.0 Å². The lowest BCUT2D eigenvalue weighted by atomic mass is 9.87. The molecule has 1 heterocycles. The number of rotatable bonds is 6. The molecule has 0 radical (unpaired) electrons. The molecule has 37 heavy (non-hydrogen) atoms. The van der Waals surface area contributed by atoms with Crippen LogP contribution in [0.1, 0.15) is 43.6 Å². The monoisotopic (exact) mass is 647 g/mol. The van der Waals surface area contributed by atoms with Crippen molar-refractivity contribution in [2.45, 2.75) is 50.2 Å². The molecule has 1 fully saturated rings. The molecule has 0 unspecified atom stereocenters. The highest BCUT2D eigenvalue weighted by Gasteiger charge is 2.45. The van der Waals surface area contributed by atoms with Gasteiger partial charge < -0.3 is 4.90 Å². The van der Waals surface area contributed by atoms with Gasteiger partial charge in [0, 0.05) is 45.4 Å². The SMILES string of the molecule is CC1(C)CN(C(=O)c2ccc(NS(=O)(=O)c3cc(Br)ccc3Br)cc2)C(C)(C)CN1Cc1ccccc1. The Balaban J connectivity index is 1.50. The number of amides is 1. The maximum Gasteiger partial charge on any atom is 0.263 e. The molecule has 0 spiro atoms. The van der Waals surface area contributed by atoms with Gasteiger partial charge in [0.2, 0.25) is 0 Å². The van der Waals surface area contributed by atoms with Crippen LogP contribution >= 0.6 is 31.9 Å². The van der Waals surface area contributed by atoms with Crippen molar-refractivity contribution in [2.75, 3.05) is 17.8 Å². The Hall–Kier alpha value is -2.20. The number of piperazine rings is 1. The Morgan fingerprint density at radius 3 is 2.19 bits per heavy atom. The normalized spacial score (nSPS) is 17.4. The van der Waals surface area contributed by atoms with E-state index < -0.39 is 10.0 Å². The van der Waals surface area contributed by atoms with Crippen LogP contribution in [0.2, 0.25) is 0 Å². The van der Waals surface area contributed by atoms with Crippen molar-refractivity contribution in [3.8, 4) is 0 Å². The molecule has 6 nitrogen and oxygen atoms in total. The van der Waals surface area contributed by atoms with Crippen LogP contribution in [0.25, 0.3) is 0 Å². The predicted octanol–water partition coefficient (Wildman–Crippen LogP) is 6.53. The van der Waals surface area contributed by atoms with Gasteiger partial charge in [0.25, 0.3) is 15.9 Å². The molecule has 196 valence electrons. The number of nitrogens with one attached hydrogen (secondary N) is 1. The van der Waals surface area contributed by atoms with Crippen molar-refractivity contribution in [3.63, 3.8) is 0 Å². The summed E-state index contributed by atoms with van der Waals surface area (Å²) in [6, 6.07) is 21.9.